The van der Waals surface area contributed by atoms with Gasteiger partial charge in [-0.15, -0.1) is 12.4 Å². The Hall–Kier alpha value is -0.400. The van der Waals surface area contributed by atoms with Crippen molar-refractivity contribution >= 4 is 34.0 Å². The van der Waals surface area contributed by atoms with Crippen LogP contribution in [0.15, 0.2) is 17.0 Å². The van der Waals surface area contributed by atoms with Gasteiger partial charge in [0.1, 0.15) is 10.7 Å². The topological polar surface area (TPSA) is 58.2 Å². The van der Waals surface area contributed by atoms with Crippen molar-refractivity contribution in [2.24, 2.45) is 0 Å². The molecule has 116 valence electrons. The molecule has 0 bridgehead atoms. The van der Waals surface area contributed by atoms with Gasteiger partial charge >= 0.3 is 0 Å². The molecule has 0 aliphatic rings. The van der Waals surface area contributed by atoms with Crippen LogP contribution in [0.3, 0.4) is 0 Å². The van der Waals surface area contributed by atoms with Gasteiger partial charge in [0.15, 0.2) is 0 Å². The van der Waals surface area contributed by atoms with E-state index in [-0.39, 0.29) is 34.4 Å². The van der Waals surface area contributed by atoms with Gasteiger partial charge in [0.25, 0.3) is 0 Å². The van der Waals surface area contributed by atoms with Crippen LogP contribution in [0.1, 0.15) is 18.9 Å². The lowest BCUT2D eigenvalue weighted by Gasteiger charge is -2.10. The fourth-order valence-electron chi connectivity index (χ4n) is 1.49. The first kappa shape index (κ1) is 19.6. The summed E-state index contributed by atoms with van der Waals surface area (Å²) >= 11 is 5.77. The van der Waals surface area contributed by atoms with E-state index in [9.17, 15) is 12.8 Å². The molecule has 0 aliphatic heterocycles. The predicted octanol–water partition coefficient (Wildman–Crippen LogP) is 2.49. The van der Waals surface area contributed by atoms with Gasteiger partial charge in [-0.2, -0.15) is 0 Å². The molecule has 4 nitrogen and oxygen atoms in total. The molecule has 0 spiro atoms. The molecule has 0 saturated carbocycles. The molecule has 1 aromatic rings. The van der Waals surface area contributed by atoms with E-state index in [1.807, 2.05) is 6.92 Å². The average molecular weight is 345 g/mol. The smallest absolute Gasteiger partial charge is 0.242 e. The van der Waals surface area contributed by atoms with Crippen molar-refractivity contribution in [3.63, 3.8) is 0 Å². The number of benzene rings is 1. The Morgan fingerprint density at radius 1 is 1.25 bits per heavy atom. The van der Waals surface area contributed by atoms with Crippen LogP contribution in [-0.2, 0) is 10.0 Å². The van der Waals surface area contributed by atoms with Crippen LogP contribution in [0.5, 0.6) is 0 Å². The minimum atomic E-state index is -3.71. The first-order valence-electron chi connectivity index (χ1n) is 6.04. The minimum Gasteiger partial charge on any atom is -0.315 e. The quantitative estimate of drug-likeness (QED) is 0.747. The third kappa shape index (κ3) is 5.54. The zero-order valence-electron chi connectivity index (χ0n) is 11.4. The number of hydrogen-bond donors (Lipinski definition) is 2. The van der Waals surface area contributed by atoms with Gasteiger partial charge in [0.2, 0.25) is 10.0 Å². The van der Waals surface area contributed by atoms with Crippen molar-refractivity contribution in [1.29, 1.82) is 0 Å². The minimum absolute atomic E-state index is 0. The van der Waals surface area contributed by atoms with E-state index in [1.165, 1.54) is 13.0 Å². The summed E-state index contributed by atoms with van der Waals surface area (Å²) in [5.41, 5.74) is 0.244. The third-order valence-electron chi connectivity index (χ3n) is 2.52. The van der Waals surface area contributed by atoms with Gasteiger partial charge in [-0.1, -0.05) is 18.5 Å². The van der Waals surface area contributed by atoms with Crippen LogP contribution in [0, 0.1) is 12.7 Å². The highest BCUT2D eigenvalue weighted by Gasteiger charge is 2.19. The molecule has 0 aromatic heterocycles. The van der Waals surface area contributed by atoms with E-state index < -0.39 is 15.8 Å². The number of hydrogen-bond acceptors (Lipinski definition) is 3. The summed E-state index contributed by atoms with van der Waals surface area (Å²) in [6.45, 7) is 5.14. The van der Waals surface area contributed by atoms with Crippen molar-refractivity contribution in [2.45, 2.75) is 25.2 Å². The third-order valence-corrected chi connectivity index (χ3v) is 4.45. The van der Waals surface area contributed by atoms with Gasteiger partial charge < -0.3 is 5.32 Å². The maximum Gasteiger partial charge on any atom is 0.242 e. The largest absolute Gasteiger partial charge is 0.315 e. The first-order chi connectivity index (χ1) is 8.88. The molecule has 1 aromatic carbocycles. The van der Waals surface area contributed by atoms with Gasteiger partial charge in [-0.05, 0) is 37.6 Å². The summed E-state index contributed by atoms with van der Waals surface area (Å²) < 4.78 is 39.7. The highest BCUT2D eigenvalue weighted by atomic mass is 35.5. The van der Waals surface area contributed by atoms with Crippen LogP contribution < -0.4 is 10.0 Å². The molecular formula is C12H19Cl2FN2O2S. The SMILES string of the molecule is CCCNCCNS(=O)(=O)c1cc(C)c(F)cc1Cl.Cl. The highest BCUT2D eigenvalue weighted by Crippen LogP contribution is 2.24. The number of aryl methyl sites for hydroxylation is 1. The Labute approximate surface area is 130 Å². The maximum atomic E-state index is 13.2. The van der Waals surface area contributed by atoms with E-state index in [0.717, 1.165) is 19.0 Å². The van der Waals surface area contributed by atoms with Crippen LogP contribution in [0.4, 0.5) is 4.39 Å². The Balaban J connectivity index is 0.00000361. The zero-order valence-corrected chi connectivity index (χ0v) is 13.8. The molecule has 0 atom stereocenters. The molecule has 2 N–H and O–H groups in total. The molecule has 20 heavy (non-hydrogen) atoms. The second-order valence-corrected chi connectivity index (χ2v) is 6.32. The molecule has 0 radical (unpaired) electrons. The van der Waals surface area contributed by atoms with E-state index in [2.05, 4.69) is 10.0 Å². The van der Waals surface area contributed by atoms with Gasteiger partial charge in [-0.25, -0.2) is 17.5 Å². The van der Waals surface area contributed by atoms with Crippen LogP contribution in [0.25, 0.3) is 0 Å². The van der Waals surface area contributed by atoms with Gasteiger partial charge in [0.05, 0.1) is 5.02 Å². The lowest BCUT2D eigenvalue weighted by Crippen LogP contribution is -2.32. The predicted molar refractivity (Wildman–Crippen MR) is 81.7 cm³/mol. The van der Waals surface area contributed by atoms with Crippen LogP contribution >= 0.6 is 24.0 Å². The van der Waals surface area contributed by atoms with Crippen molar-refractivity contribution in [3.05, 3.63) is 28.5 Å². The van der Waals surface area contributed by atoms with E-state index >= 15 is 0 Å². The lowest BCUT2D eigenvalue weighted by molar-refractivity contribution is 0.574. The van der Waals surface area contributed by atoms with Crippen molar-refractivity contribution < 1.29 is 12.8 Å². The fraction of sp³-hybridized carbons (Fsp3) is 0.500. The van der Waals surface area contributed by atoms with E-state index in [1.54, 1.807) is 0 Å². The number of halogens is 3. The number of sulfonamides is 1. The summed E-state index contributed by atoms with van der Waals surface area (Å²) in [7, 11) is -3.71. The first-order valence-corrected chi connectivity index (χ1v) is 7.90. The molecule has 1 rings (SSSR count). The van der Waals surface area contributed by atoms with Crippen molar-refractivity contribution in [2.75, 3.05) is 19.6 Å². The molecule has 0 unspecified atom stereocenters. The average Bonchev–Trinajstić information content (AvgIpc) is 2.33. The second-order valence-electron chi connectivity index (χ2n) is 4.18. The highest BCUT2D eigenvalue weighted by molar-refractivity contribution is 7.89. The molecule has 0 amide bonds. The van der Waals surface area contributed by atoms with E-state index in [4.69, 9.17) is 11.6 Å². The molecule has 0 fully saturated rings. The Morgan fingerprint density at radius 2 is 1.90 bits per heavy atom. The summed E-state index contributed by atoms with van der Waals surface area (Å²) in [6.07, 6.45) is 0.982. The molecule has 0 heterocycles. The lowest BCUT2D eigenvalue weighted by atomic mass is 10.2. The van der Waals surface area contributed by atoms with E-state index in [0.29, 0.717) is 6.54 Å². The monoisotopic (exact) mass is 344 g/mol. The van der Waals surface area contributed by atoms with Crippen LogP contribution in [0.2, 0.25) is 5.02 Å². The van der Waals surface area contributed by atoms with Crippen molar-refractivity contribution in [1.82, 2.24) is 10.0 Å². The molecule has 8 heteroatoms. The summed E-state index contributed by atoms with van der Waals surface area (Å²) in [4.78, 5) is -0.0939. The summed E-state index contributed by atoms with van der Waals surface area (Å²) in [6, 6.07) is 2.25. The molecular weight excluding hydrogens is 326 g/mol. The standard InChI is InChI=1S/C12H18ClFN2O2S.ClH/c1-3-4-15-5-6-16-19(17,18)12-7-9(2)11(14)8-10(12)13;/h7-8,15-16H,3-6H2,1-2H3;1H. The maximum absolute atomic E-state index is 13.2. The van der Waals surface area contributed by atoms with Crippen LogP contribution in [-0.4, -0.2) is 28.1 Å². The fourth-order valence-corrected chi connectivity index (χ4v) is 3.12. The number of nitrogens with one attached hydrogen (secondary N) is 2. The Bertz CT molecular complexity index is 539. The van der Waals surface area contributed by atoms with Gasteiger partial charge in [0, 0.05) is 13.1 Å². The Morgan fingerprint density at radius 3 is 2.50 bits per heavy atom. The molecule has 0 aliphatic carbocycles. The van der Waals surface area contributed by atoms with Crippen molar-refractivity contribution in [3.8, 4) is 0 Å². The molecule has 0 saturated heterocycles. The Kier molecular flexibility index (Phi) is 8.62. The zero-order chi connectivity index (χ0) is 14.5. The number of rotatable bonds is 7. The summed E-state index contributed by atoms with van der Waals surface area (Å²) in [5, 5.41) is 2.96. The second kappa shape index (κ2) is 8.79. The summed E-state index contributed by atoms with van der Waals surface area (Å²) in [5.74, 6) is -0.520. The normalized spacial score (nSPS) is 11.2. The van der Waals surface area contributed by atoms with Gasteiger partial charge in [-0.3, -0.25) is 0 Å².